The maximum absolute atomic E-state index is 13.5. The van der Waals surface area contributed by atoms with Crippen LogP contribution in [-0.2, 0) is 13.5 Å². The molecule has 1 unspecified atom stereocenters. The lowest BCUT2D eigenvalue weighted by Gasteiger charge is -2.18. The van der Waals surface area contributed by atoms with E-state index in [0.717, 1.165) is 17.8 Å². The van der Waals surface area contributed by atoms with Crippen LogP contribution in [0.3, 0.4) is 0 Å². The summed E-state index contributed by atoms with van der Waals surface area (Å²) in [6.07, 6.45) is 4.29. The zero-order valence-corrected chi connectivity index (χ0v) is 11.8. The zero-order valence-electron chi connectivity index (χ0n) is 11.0. The molecule has 0 fully saturated rings. The first kappa shape index (κ1) is 14.0. The first-order valence-electron chi connectivity index (χ1n) is 6.25. The number of imidazole rings is 1. The molecule has 0 aliphatic heterocycles. The third-order valence-corrected chi connectivity index (χ3v) is 3.39. The van der Waals surface area contributed by atoms with Crippen LogP contribution in [0.5, 0.6) is 0 Å². The van der Waals surface area contributed by atoms with Gasteiger partial charge in [0.05, 0.1) is 23.1 Å². The predicted molar refractivity (Wildman–Crippen MR) is 74.7 cm³/mol. The Labute approximate surface area is 117 Å². The maximum Gasteiger partial charge on any atom is 0.142 e. The maximum atomic E-state index is 13.5. The number of nitrogens with zero attached hydrogens (tertiary/aromatic N) is 2. The Morgan fingerprint density at radius 3 is 2.84 bits per heavy atom. The largest absolute Gasteiger partial charge is 0.336 e. The summed E-state index contributed by atoms with van der Waals surface area (Å²) in [7, 11) is 1.95. The quantitative estimate of drug-likeness (QED) is 0.913. The van der Waals surface area contributed by atoms with Crippen molar-refractivity contribution in [3.63, 3.8) is 0 Å². The Balaban J connectivity index is 2.21. The van der Waals surface area contributed by atoms with Crippen molar-refractivity contribution in [3.8, 4) is 0 Å². The van der Waals surface area contributed by atoms with E-state index in [1.807, 2.05) is 30.8 Å². The highest BCUT2D eigenvalue weighted by Gasteiger charge is 2.15. The average Bonchev–Trinajstić information content (AvgIpc) is 2.79. The minimum absolute atomic E-state index is 0.109. The first-order valence-corrected chi connectivity index (χ1v) is 6.63. The van der Waals surface area contributed by atoms with Crippen LogP contribution in [0.4, 0.5) is 4.39 Å². The van der Waals surface area contributed by atoms with Crippen molar-refractivity contribution in [2.75, 3.05) is 6.54 Å². The second-order valence-corrected chi connectivity index (χ2v) is 4.90. The van der Waals surface area contributed by atoms with E-state index in [-0.39, 0.29) is 16.9 Å². The molecule has 1 aromatic heterocycles. The summed E-state index contributed by atoms with van der Waals surface area (Å²) in [5.41, 5.74) is 1.99. The molecule has 0 saturated carbocycles. The van der Waals surface area contributed by atoms with Crippen LogP contribution in [0.15, 0.2) is 30.7 Å². The Morgan fingerprint density at radius 2 is 2.26 bits per heavy atom. The van der Waals surface area contributed by atoms with Crippen LogP contribution >= 0.6 is 11.6 Å². The zero-order chi connectivity index (χ0) is 13.8. The van der Waals surface area contributed by atoms with Crippen molar-refractivity contribution in [3.05, 3.63) is 52.8 Å². The number of aryl methyl sites for hydroxylation is 1. The molecule has 1 atom stereocenters. The van der Waals surface area contributed by atoms with Crippen LogP contribution in [0.25, 0.3) is 0 Å². The fourth-order valence-electron chi connectivity index (χ4n) is 2.13. The second kappa shape index (κ2) is 6.17. The van der Waals surface area contributed by atoms with E-state index >= 15 is 0 Å². The molecule has 0 spiro atoms. The van der Waals surface area contributed by atoms with Gasteiger partial charge in [-0.3, -0.25) is 0 Å². The summed E-state index contributed by atoms with van der Waals surface area (Å²) in [5, 5.41) is 3.55. The summed E-state index contributed by atoms with van der Waals surface area (Å²) in [6.45, 7) is 2.89. The van der Waals surface area contributed by atoms with Gasteiger partial charge in [0.1, 0.15) is 5.82 Å². The molecule has 2 aromatic rings. The van der Waals surface area contributed by atoms with Crippen molar-refractivity contribution >= 4 is 11.6 Å². The molecule has 3 nitrogen and oxygen atoms in total. The predicted octanol–water partition coefficient (Wildman–Crippen LogP) is 3.11. The van der Waals surface area contributed by atoms with Crippen molar-refractivity contribution in [1.82, 2.24) is 14.9 Å². The third-order valence-electron chi connectivity index (χ3n) is 3.09. The van der Waals surface area contributed by atoms with Crippen LogP contribution in [0.2, 0.25) is 5.02 Å². The molecular weight excluding hydrogens is 265 g/mol. The van der Waals surface area contributed by atoms with Gasteiger partial charge in [-0.2, -0.15) is 0 Å². The molecule has 0 amide bonds. The van der Waals surface area contributed by atoms with Gasteiger partial charge in [-0.05, 0) is 30.7 Å². The number of aromatic nitrogens is 2. The number of rotatable bonds is 5. The Bertz CT molecular complexity index is 553. The van der Waals surface area contributed by atoms with E-state index in [1.165, 1.54) is 6.07 Å². The molecule has 0 aliphatic rings. The normalized spacial score (nSPS) is 12.6. The van der Waals surface area contributed by atoms with E-state index in [0.29, 0.717) is 6.42 Å². The van der Waals surface area contributed by atoms with Gasteiger partial charge < -0.3 is 9.88 Å². The van der Waals surface area contributed by atoms with Gasteiger partial charge in [-0.1, -0.05) is 24.6 Å². The molecule has 19 heavy (non-hydrogen) atoms. The lowest BCUT2D eigenvalue weighted by Crippen LogP contribution is -2.24. The lowest BCUT2D eigenvalue weighted by molar-refractivity contribution is 0.519. The van der Waals surface area contributed by atoms with Gasteiger partial charge in [0, 0.05) is 13.2 Å². The summed E-state index contributed by atoms with van der Waals surface area (Å²) in [4.78, 5) is 4.13. The van der Waals surface area contributed by atoms with Gasteiger partial charge in [0.2, 0.25) is 0 Å². The monoisotopic (exact) mass is 281 g/mol. The number of halogens is 2. The van der Waals surface area contributed by atoms with Gasteiger partial charge in [-0.25, -0.2) is 9.37 Å². The van der Waals surface area contributed by atoms with E-state index in [2.05, 4.69) is 10.3 Å². The summed E-state index contributed by atoms with van der Waals surface area (Å²) >= 11 is 5.70. The molecule has 5 heteroatoms. The molecule has 0 radical (unpaired) electrons. The van der Waals surface area contributed by atoms with Gasteiger partial charge in [0.25, 0.3) is 0 Å². The molecule has 0 bridgehead atoms. The number of benzene rings is 1. The Kier molecular flexibility index (Phi) is 4.56. The smallest absolute Gasteiger partial charge is 0.142 e. The van der Waals surface area contributed by atoms with Crippen molar-refractivity contribution in [2.24, 2.45) is 7.05 Å². The molecule has 0 aliphatic carbocycles. The molecule has 0 saturated heterocycles. The van der Waals surface area contributed by atoms with Crippen LogP contribution < -0.4 is 5.32 Å². The van der Waals surface area contributed by atoms with E-state index in [1.54, 1.807) is 12.4 Å². The van der Waals surface area contributed by atoms with Crippen molar-refractivity contribution in [2.45, 2.75) is 19.4 Å². The minimum Gasteiger partial charge on any atom is -0.336 e. The fourth-order valence-corrected chi connectivity index (χ4v) is 2.25. The molecular formula is C14H17ClFN3. The molecule has 1 N–H and O–H groups in total. The van der Waals surface area contributed by atoms with E-state index in [4.69, 9.17) is 11.6 Å². The number of nitrogens with one attached hydrogen (secondary N) is 1. The van der Waals surface area contributed by atoms with Gasteiger partial charge >= 0.3 is 0 Å². The van der Waals surface area contributed by atoms with Crippen LogP contribution in [0, 0.1) is 5.82 Å². The summed E-state index contributed by atoms with van der Waals surface area (Å²) in [6, 6.07) is 5.05. The molecule has 1 aromatic carbocycles. The molecule has 2 rings (SSSR count). The number of hydrogen-bond acceptors (Lipinski definition) is 2. The van der Waals surface area contributed by atoms with Gasteiger partial charge in [0.15, 0.2) is 0 Å². The summed E-state index contributed by atoms with van der Waals surface area (Å²) < 4.78 is 15.4. The topological polar surface area (TPSA) is 29.9 Å². The van der Waals surface area contributed by atoms with Crippen LogP contribution in [-0.4, -0.2) is 16.1 Å². The second-order valence-electron chi connectivity index (χ2n) is 4.49. The van der Waals surface area contributed by atoms with E-state index < -0.39 is 0 Å². The molecule has 102 valence electrons. The van der Waals surface area contributed by atoms with Crippen LogP contribution in [0.1, 0.15) is 24.2 Å². The van der Waals surface area contributed by atoms with Gasteiger partial charge in [-0.15, -0.1) is 0 Å². The highest BCUT2D eigenvalue weighted by molar-refractivity contribution is 6.30. The van der Waals surface area contributed by atoms with Crippen molar-refractivity contribution < 1.29 is 4.39 Å². The standard InChI is InChI=1S/C14H17ClFN3/c1-3-18-13(14-8-17-9-19(14)2)7-10-4-5-11(15)12(16)6-10/h4-6,8-9,13,18H,3,7H2,1-2H3. The Morgan fingerprint density at radius 1 is 1.47 bits per heavy atom. The Hall–Kier alpha value is -1.39. The SMILES string of the molecule is CCNC(Cc1ccc(Cl)c(F)c1)c1cncn1C. The fraction of sp³-hybridized carbons (Fsp3) is 0.357. The number of hydrogen-bond donors (Lipinski definition) is 1. The average molecular weight is 282 g/mol. The minimum atomic E-state index is -0.376. The summed E-state index contributed by atoms with van der Waals surface area (Å²) in [5.74, 6) is -0.376. The highest BCUT2D eigenvalue weighted by atomic mass is 35.5. The first-order chi connectivity index (χ1) is 9.11. The number of likely N-dealkylation sites (N-methyl/N-ethyl adjacent to an activating group) is 1. The lowest BCUT2D eigenvalue weighted by atomic mass is 10.0. The third kappa shape index (κ3) is 3.33. The van der Waals surface area contributed by atoms with Crippen molar-refractivity contribution in [1.29, 1.82) is 0 Å². The molecule has 1 heterocycles. The highest BCUT2D eigenvalue weighted by Crippen LogP contribution is 2.21. The van der Waals surface area contributed by atoms with E-state index in [9.17, 15) is 4.39 Å².